The lowest BCUT2D eigenvalue weighted by Crippen LogP contribution is -2.20. The van der Waals surface area contributed by atoms with Crippen molar-refractivity contribution >= 4 is 16.9 Å². The molecule has 1 amide bonds. The number of hydrogen-bond donors (Lipinski definition) is 1. The molecule has 3 heteroatoms. The number of ether oxygens (including phenoxy) is 1. The average molecular weight is 243 g/mol. The predicted octanol–water partition coefficient (Wildman–Crippen LogP) is 3.59. The Morgan fingerprint density at radius 2 is 1.78 bits per heavy atom. The zero-order valence-corrected chi connectivity index (χ0v) is 10.9. The molecule has 0 unspecified atom stereocenters. The second-order valence-electron chi connectivity index (χ2n) is 5.33. The fraction of sp³-hybridized carbons (Fsp3) is 0.267. The lowest BCUT2D eigenvalue weighted by atomic mass is 9.85. The van der Waals surface area contributed by atoms with Crippen LogP contribution in [0.4, 0.5) is 4.79 Å². The van der Waals surface area contributed by atoms with Gasteiger partial charge >= 0.3 is 6.09 Å². The summed E-state index contributed by atoms with van der Waals surface area (Å²) in [5.74, 6) is 0.563. The van der Waals surface area contributed by atoms with Gasteiger partial charge in [-0.1, -0.05) is 57.2 Å². The Hall–Kier alpha value is -2.03. The van der Waals surface area contributed by atoms with E-state index < -0.39 is 6.09 Å². The summed E-state index contributed by atoms with van der Waals surface area (Å²) in [5, 5.41) is 1.94. The first-order valence-corrected chi connectivity index (χ1v) is 5.89. The van der Waals surface area contributed by atoms with Crippen LogP contribution in [0.15, 0.2) is 36.4 Å². The number of carbonyl (C=O) groups excluding carboxylic acids is 1. The standard InChI is InChI=1S/C15H17NO2/c1-15(2,3)12-9-8-10-6-4-5-7-11(10)13(12)18-14(16)17/h4-9H,1-3H3,(H2,16,17). The highest BCUT2D eigenvalue weighted by atomic mass is 16.5. The number of carbonyl (C=O) groups is 1. The summed E-state index contributed by atoms with van der Waals surface area (Å²) < 4.78 is 5.22. The third-order valence-electron chi connectivity index (χ3n) is 2.89. The van der Waals surface area contributed by atoms with Gasteiger partial charge in [0, 0.05) is 10.9 Å². The molecule has 0 saturated carbocycles. The molecule has 2 aromatic carbocycles. The SMILES string of the molecule is CC(C)(C)c1ccc2ccccc2c1OC(N)=O. The molecule has 3 nitrogen and oxygen atoms in total. The van der Waals surface area contributed by atoms with E-state index in [1.807, 2.05) is 36.4 Å². The number of fused-ring (bicyclic) bond motifs is 1. The summed E-state index contributed by atoms with van der Waals surface area (Å²) in [7, 11) is 0. The number of hydrogen-bond acceptors (Lipinski definition) is 2. The predicted molar refractivity (Wildman–Crippen MR) is 72.9 cm³/mol. The molecule has 0 saturated heterocycles. The molecular formula is C15H17NO2. The Kier molecular flexibility index (Phi) is 2.99. The van der Waals surface area contributed by atoms with Gasteiger partial charge in [-0.3, -0.25) is 0 Å². The molecule has 2 rings (SSSR count). The van der Waals surface area contributed by atoms with Crippen LogP contribution in [-0.2, 0) is 5.41 Å². The van der Waals surface area contributed by atoms with Gasteiger partial charge in [-0.2, -0.15) is 0 Å². The van der Waals surface area contributed by atoms with E-state index in [-0.39, 0.29) is 5.41 Å². The highest BCUT2D eigenvalue weighted by Crippen LogP contribution is 2.37. The fourth-order valence-corrected chi connectivity index (χ4v) is 2.04. The molecule has 0 heterocycles. The highest BCUT2D eigenvalue weighted by molar-refractivity contribution is 5.91. The first kappa shape index (κ1) is 12.4. The van der Waals surface area contributed by atoms with Gasteiger partial charge in [-0.15, -0.1) is 0 Å². The number of primary amides is 1. The van der Waals surface area contributed by atoms with Crippen molar-refractivity contribution < 1.29 is 9.53 Å². The normalized spacial score (nSPS) is 11.5. The van der Waals surface area contributed by atoms with Gasteiger partial charge < -0.3 is 10.5 Å². The van der Waals surface area contributed by atoms with E-state index in [1.165, 1.54) is 0 Å². The lowest BCUT2D eigenvalue weighted by molar-refractivity contribution is 0.210. The van der Waals surface area contributed by atoms with Gasteiger partial charge in [0.05, 0.1) is 0 Å². The summed E-state index contributed by atoms with van der Waals surface area (Å²) in [5.41, 5.74) is 6.02. The van der Waals surface area contributed by atoms with Crippen LogP contribution in [0.1, 0.15) is 26.3 Å². The fourth-order valence-electron chi connectivity index (χ4n) is 2.04. The zero-order valence-electron chi connectivity index (χ0n) is 10.9. The minimum Gasteiger partial charge on any atom is -0.410 e. The lowest BCUT2D eigenvalue weighted by Gasteiger charge is -2.23. The minimum atomic E-state index is -0.781. The summed E-state index contributed by atoms with van der Waals surface area (Å²) in [6.45, 7) is 6.22. The third-order valence-corrected chi connectivity index (χ3v) is 2.89. The largest absolute Gasteiger partial charge is 0.410 e. The number of amides is 1. The van der Waals surface area contributed by atoms with Crippen molar-refractivity contribution in [1.82, 2.24) is 0 Å². The average Bonchev–Trinajstić information content (AvgIpc) is 2.27. The van der Waals surface area contributed by atoms with Crippen LogP contribution < -0.4 is 10.5 Å². The molecule has 0 spiro atoms. The van der Waals surface area contributed by atoms with E-state index >= 15 is 0 Å². The molecule has 94 valence electrons. The Balaban J connectivity index is 2.75. The third kappa shape index (κ3) is 2.30. The van der Waals surface area contributed by atoms with Crippen molar-refractivity contribution in [2.75, 3.05) is 0 Å². The van der Waals surface area contributed by atoms with Crippen LogP contribution in [0.25, 0.3) is 10.8 Å². The number of rotatable bonds is 1. The maximum Gasteiger partial charge on any atom is 0.409 e. The minimum absolute atomic E-state index is 0.116. The highest BCUT2D eigenvalue weighted by Gasteiger charge is 2.21. The molecule has 0 bridgehead atoms. The van der Waals surface area contributed by atoms with Crippen LogP contribution in [0.3, 0.4) is 0 Å². The van der Waals surface area contributed by atoms with Crippen molar-refractivity contribution in [3.05, 3.63) is 42.0 Å². The van der Waals surface area contributed by atoms with Crippen molar-refractivity contribution in [3.63, 3.8) is 0 Å². The molecule has 0 fully saturated rings. The van der Waals surface area contributed by atoms with Crippen molar-refractivity contribution in [3.8, 4) is 5.75 Å². The van der Waals surface area contributed by atoms with Crippen LogP contribution in [-0.4, -0.2) is 6.09 Å². The molecule has 2 aromatic rings. The molecule has 18 heavy (non-hydrogen) atoms. The van der Waals surface area contributed by atoms with Gasteiger partial charge in [-0.05, 0) is 10.8 Å². The van der Waals surface area contributed by atoms with Crippen LogP contribution >= 0.6 is 0 Å². The molecule has 0 atom stereocenters. The van der Waals surface area contributed by atoms with Gasteiger partial charge in [0.25, 0.3) is 0 Å². The zero-order chi connectivity index (χ0) is 13.3. The van der Waals surface area contributed by atoms with Gasteiger partial charge in [0.2, 0.25) is 0 Å². The summed E-state index contributed by atoms with van der Waals surface area (Å²) in [6, 6.07) is 11.8. The van der Waals surface area contributed by atoms with E-state index in [4.69, 9.17) is 10.5 Å². The van der Waals surface area contributed by atoms with E-state index in [2.05, 4.69) is 20.8 Å². The molecule has 0 aliphatic heterocycles. The smallest absolute Gasteiger partial charge is 0.409 e. The molecule has 0 aromatic heterocycles. The van der Waals surface area contributed by atoms with Crippen LogP contribution in [0.5, 0.6) is 5.75 Å². The Labute approximate surface area is 107 Å². The molecule has 0 radical (unpaired) electrons. The summed E-state index contributed by atoms with van der Waals surface area (Å²) in [4.78, 5) is 11.1. The van der Waals surface area contributed by atoms with E-state index in [0.29, 0.717) is 5.75 Å². The topological polar surface area (TPSA) is 52.3 Å². The number of benzene rings is 2. The van der Waals surface area contributed by atoms with Gasteiger partial charge in [0.1, 0.15) is 5.75 Å². The van der Waals surface area contributed by atoms with E-state index in [0.717, 1.165) is 16.3 Å². The summed E-state index contributed by atoms with van der Waals surface area (Å²) >= 11 is 0. The Morgan fingerprint density at radius 3 is 2.39 bits per heavy atom. The second kappa shape index (κ2) is 4.33. The Bertz CT molecular complexity index is 597. The first-order valence-electron chi connectivity index (χ1n) is 5.89. The van der Waals surface area contributed by atoms with Crippen LogP contribution in [0.2, 0.25) is 0 Å². The maximum atomic E-state index is 11.1. The second-order valence-corrected chi connectivity index (χ2v) is 5.33. The van der Waals surface area contributed by atoms with Gasteiger partial charge in [0.15, 0.2) is 0 Å². The van der Waals surface area contributed by atoms with E-state index in [9.17, 15) is 4.79 Å². The van der Waals surface area contributed by atoms with Gasteiger partial charge in [-0.25, -0.2) is 4.79 Å². The molecular weight excluding hydrogens is 226 g/mol. The molecule has 0 aliphatic carbocycles. The molecule has 2 N–H and O–H groups in total. The van der Waals surface area contributed by atoms with Crippen LogP contribution in [0, 0.1) is 0 Å². The first-order chi connectivity index (χ1) is 8.39. The quantitative estimate of drug-likeness (QED) is 0.832. The summed E-state index contributed by atoms with van der Waals surface area (Å²) in [6.07, 6.45) is -0.781. The monoisotopic (exact) mass is 243 g/mol. The maximum absolute atomic E-state index is 11.1. The number of nitrogens with two attached hydrogens (primary N) is 1. The Morgan fingerprint density at radius 1 is 1.11 bits per heavy atom. The van der Waals surface area contributed by atoms with Crippen molar-refractivity contribution in [2.24, 2.45) is 5.73 Å². The van der Waals surface area contributed by atoms with Crippen molar-refractivity contribution in [1.29, 1.82) is 0 Å². The van der Waals surface area contributed by atoms with E-state index in [1.54, 1.807) is 0 Å². The molecule has 0 aliphatic rings. The van der Waals surface area contributed by atoms with Crippen molar-refractivity contribution in [2.45, 2.75) is 26.2 Å².